The molecule has 1 fully saturated rings. The summed E-state index contributed by atoms with van der Waals surface area (Å²) in [4.78, 5) is 26.8. The number of hydrogen-bond acceptors (Lipinski definition) is 3. The summed E-state index contributed by atoms with van der Waals surface area (Å²) >= 11 is 12.2. The molecule has 2 heterocycles. The Morgan fingerprint density at radius 2 is 2.07 bits per heavy atom. The number of nitrogens with zero attached hydrogens (tertiary/aromatic N) is 3. The van der Waals surface area contributed by atoms with E-state index in [1.54, 1.807) is 34.0 Å². The lowest BCUT2D eigenvalue weighted by molar-refractivity contribution is -0.139. The first-order chi connectivity index (χ1) is 12.9. The van der Waals surface area contributed by atoms with Gasteiger partial charge in [0.2, 0.25) is 11.8 Å². The van der Waals surface area contributed by atoms with Gasteiger partial charge in [0.05, 0.1) is 12.7 Å². The van der Waals surface area contributed by atoms with E-state index in [1.165, 1.54) is 0 Å². The molecule has 0 spiro atoms. The van der Waals surface area contributed by atoms with E-state index in [0.29, 0.717) is 35.4 Å². The summed E-state index contributed by atoms with van der Waals surface area (Å²) in [6.07, 6.45) is 3.11. The second-order valence-electron chi connectivity index (χ2n) is 6.94. The summed E-state index contributed by atoms with van der Waals surface area (Å²) in [5.41, 5.74) is 0.845. The second-order valence-corrected chi connectivity index (χ2v) is 7.79. The molecule has 3 rings (SSSR count). The van der Waals surface area contributed by atoms with Crippen LogP contribution in [0.1, 0.15) is 32.3 Å². The Hall–Kier alpha value is -2.05. The maximum Gasteiger partial charge on any atom is 0.248 e. The van der Waals surface area contributed by atoms with Gasteiger partial charge in [0.25, 0.3) is 0 Å². The lowest BCUT2D eigenvalue weighted by atomic mass is 10.1. The first-order valence-electron chi connectivity index (χ1n) is 8.94. The predicted octanol–water partition coefficient (Wildman–Crippen LogP) is 3.82. The molecule has 27 heavy (non-hydrogen) atoms. The third-order valence-electron chi connectivity index (χ3n) is 4.64. The minimum atomic E-state index is -0.442. The van der Waals surface area contributed by atoms with Crippen LogP contribution >= 0.6 is 23.2 Å². The standard InChI is InChI=1S/C19H22Cl2N4O2/c1-12(2)19(27)24-9-3-4-16(24)18(26)23-17-7-8-22-25(17)11-13-5-6-14(20)10-15(13)21/h5-8,10,12,16H,3-4,9,11H2,1-2H3,(H,23,26). The van der Waals surface area contributed by atoms with Crippen molar-refractivity contribution in [3.8, 4) is 0 Å². The van der Waals surface area contributed by atoms with Crippen LogP contribution in [0.2, 0.25) is 10.0 Å². The normalized spacial score (nSPS) is 16.8. The zero-order valence-electron chi connectivity index (χ0n) is 15.3. The van der Waals surface area contributed by atoms with Crippen LogP contribution < -0.4 is 5.32 Å². The number of hydrogen-bond donors (Lipinski definition) is 1. The molecule has 0 aliphatic carbocycles. The number of benzene rings is 1. The Bertz CT molecular complexity index is 850. The fourth-order valence-corrected chi connectivity index (χ4v) is 3.69. The highest BCUT2D eigenvalue weighted by atomic mass is 35.5. The molecule has 0 radical (unpaired) electrons. The van der Waals surface area contributed by atoms with E-state index in [4.69, 9.17) is 23.2 Å². The molecule has 2 amide bonds. The van der Waals surface area contributed by atoms with E-state index >= 15 is 0 Å². The van der Waals surface area contributed by atoms with Crippen molar-refractivity contribution >= 4 is 40.8 Å². The highest BCUT2D eigenvalue weighted by Crippen LogP contribution is 2.24. The van der Waals surface area contributed by atoms with Crippen LogP contribution in [0.25, 0.3) is 0 Å². The van der Waals surface area contributed by atoms with Gasteiger partial charge in [-0.2, -0.15) is 5.10 Å². The molecule has 0 saturated carbocycles. The van der Waals surface area contributed by atoms with Crippen molar-refractivity contribution in [3.63, 3.8) is 0 Å². The Labute approximate surface area is 168 Å². The van der Waals surface area contributed by atoms with Gasteiger partial charge < -0.3 is 10.2 Å². The van der Waals surface area contributed by atoms with Gasteiger partial charge in [0.15, 0.2) is 0 Å². The van der Waals surface area contributed by atoms with Crippen molar-refractivity contribution < 1.29 is 9.59 Å². The fraction of sp³-hybridized carbons (Fsp3) is 0.421. The van der Waals surface area contributed by atoms with Crippen molar-refractivity contribution in [3.05, 3.63) is 46.1 Å². The number of halogens is 2. The molecular formula is C19H22Cl2N4O2. The number of nitrogens with one attached hydrogen (secondary N) is 1. The minimum Gasteiger partial charge on any atom is -0.330 e. The monoisotopic (exact) mass is 408 g/mol. The molecule has 8 heteroatoms. The number of anilines is 1. The number of carbonyl (C=O) groups is 2. The Kier molecular flexibility index (Phi) is 6.07. The Morgan fingerprint density at radius 1 is 1.30 bits per heavy atom. The molecule has 1 aliphatic rings. The van der Waals surface area contributed by atoms with Gasteiger partial charge in [-0.1, -0.05) is 43.1 Å². The van der Waals surface area contributed by atoms with Crippen LogP contribution in [0.3, 0.4) is 0 Å². The molecule has 6 nitrogen and oxygen atoms in total. The summed E-state index contributed by atoms with van der Waals surface area (Å²) in [5, 5.41) is 8.28. The van der Waals surface area contributed by atoms with Gasteiger partial charge in [-0.15, -0.1) is 0 Å². The van der Waals surface area contributed by atoms with Crippen LogP contribution in [0.5, 0.6) is 0 Å². The SMILES string of the molecule is CC(C)C(=O)N1CCCC1C(=O)Nc1ccnn1Cc1ccc(Cl)cc1Cl. The summed E-state index contributed by atoms with van der Waals surface area (Å²) in [7, 11) is 0. The van der Waals surface area contributed by atoms with E-state index in [2.05, 4.69) is 10.4 Å². The van der Waals surface area contributed by atoms with Gasteiger partial charge in [0, 0.05) is 28.6 Å². The second kappa shape index (κ2) is 8.31. The quantitative estimate of drug-likeness (QED) is 0.817. The van der Waals surface area contributed by atoms with E-state index < -0.39 is 6.04 Å². The van der Waals surface area contributed by atoms with E-state index in [9.17, 15) is 9.59 Å². The molecule has 1 aliphatic heterocycles. The van der Waals surface area contributed by atoms with Crippen LogP contribution in [-0.2, 0) is 16.1 Å². The summed E-state index contributed by atoms with van der Waals surface area (Å²) in [6.45, 7) is 4.72. The maximum atomic E-state index is 12.8. The fourth-order valence-electron chi connectivity index (χ4n) is 3.22. The van der Waals surface area contributed by atoms with Crippen LogP contribution in [-0.4, -0.2) is 39.1 Å². The minimum absolute atomic E-state index is 0.00843. The molecule has 0 bridgehead atoms. The molecular weight excluding hydrogens is 387 g/mol. The van der Waals surface area contributed by atoms with Gasteiger partial charge in [-0.05, 0) is 30.5 Å². The van der Waals surface area contributed by atoms with Crippen molar-refractivity contribution in [2.24, 2.45) is 5.92 Å². The van der Waals surface area contributed by atoms with E-state index in [1.807, 2.05) is 19.9 Å². The zero-order valence-corrected chi connectivity index (χ0v) is 16.8. The first kappa shape index (κ1) is 19.7. The number of rotatable bonds is 5. The third kappa shape index (κ3) is 4.45. The van der Waals surface area contributed by atoms with Gasteiger partial charge in [-0.25, -0.2) is 4.68 Å². The van der Waals surface area contributed by atoms with Gasteiger partial charge in [0.1, 0.15) is 11.9 Å². The molecule has 1 aromatic carbocycles. The van der Waals surface area contributed by atoms with E-state index in [-0.39, 0.29) is 17.7 Å². The highest BCUT2D eigenvalue weighted by Gasteiger charge is 2.35. The van der Waals surface area contributed by atoms with Crippen LogP contribution in [0, 0.1) is 5.92 Å². The topological polar surface area (TPSA) is 67.2 Å². The molecule has 1 atom stereocenters. The van der Waals surface area contributed by atoms with Gasteiger partial charge in [-0.3, -0.25) is 9.59 Å². The summed E-state index contributed by atoms with van der Waals surface area (Å²) < 4.78 is 1.66. The predicted molar refractivity (Wildman–Crippen MR) is 106 cm³/mol. The zero-order chi connectivity index (χ0) is 19.6. The third-order valence-corrected chi connectivity index (χ3v) is 5.22. The van der Waals surface area contributed by atoms with Crippen LogP contribution in [0.4, 0.5) is 5.82 Å². The first-order valence-corrected chi connectivity index (χ1v) is 9.69. The average molecular weight is 409 g/mol. The molecule has 1 saturated heterocycles. The van der Waals surface area contributed by atoms with Crippen LogP contribution in [0.15, 0.2) is 30.5 Å². The molecule has 1 aromatic heterocycles. The van der Waals surface area contributed by atoms with Crippen molar-refractivity contribution in [1.82, 2.24) is 14.7 Å². The van der Waals surface area contributed by atoms with Crippen molar-refractivity contribution in [2.75, 3.05) is 11.9 Å². The number of likely N-dealkylation sites (tertiary alicyclic amines) is 1. The number of carbonyl (C=O) groups excluding carboxylic acids is 2. The molecule has 2 aromatic rings. The number of amides is 2. The Morgan fingerprint density at radius 3 is 2.78 bits per heavy atom. The van der Waals surface area contributed by atoms with Crippen molar-refractivity contribution in [2.45, 2.75) is 39.3 Å². The van der Waals surface area contributed by atoms with Gasteiger partial charge >= 0.3 is 0 Å². The average Bonchev–Trinajstić information content (AvgIpc) is 3.26. The Balaban J connectivity index is 1.72. The lowest BCUT2D eigenvalue weighted by Gasteiger charge is -2.25. The molecule has 144 valence electrons. The highest BCUT2D eigenvalue weighted by molar-refractivity contribution is 6.35. The molecule has 1 N–H and O–H groups in total. The smallest absolute Gasteiger partial charge is 0.248 e. The molecule has 1 unspecified atom stereocenters. The summed E-state index contributed by atoms with van der Waals surface area (Å²) in [5.74, 6) is 0.255. The lowest BCUT2D eigenvalue weighted by Crippen LogP contribution is -2.45. The summed E-state index contributed by atoms with van der Waals surface area (Å²) in [6, 6.07) is 6.55. The van der Waals surface area contributed by atoms with Crippen molar-refractivity contribution in [1.29, 1.82) is 0 Å². The largest absolute Gasteiger partial charge is 0.330 e. The number of aromatic nitrogens is 2. The van der Waals surface area contributed by atoms with E-state index in [0.717, 1.165) is 12.0 Å². The maximum absolute atomic E-state index is 12.8.